The number of halogens is 1. The number of rotatable bonds is 5. The first-order valence-electron chi connectivity index (χ1n) is 5.75. The van der Waals surface area contributed by atoms with Crippen molar-refractivity contribution >= 4 is 27.8 Å². The third-order valence-corrected chi connectivity index (χ3v) is 3.04. The number of benzene rings is 1. The largest absolute Gasteiger partial charge is 0.391 e. The first-order chi connectivity index (χ1) is 8.60. The number of hydrogen-bond acceptors (Lipinski definition) is 3. The van der Waals surface area contributed by atoms with Crippen LogP contribution in [0.25, 0.3) is 0 Å². The normalized spacial score (nSPS) is 11.2. The topological polar surface area (TPSA) is 50.7 Å². The molecule has 1 rings (SSSR count). The fourth-order valence-corrected chi connectivity index (χ4v) is 1.64. The second kappa shape index (κ2) is 7.16. The van der Waals surface area contributed by atoms with Gasteiger partial charge in [-0.1, -0.05) is 24.2 Å². The van der Waals surface area contributed by atoms with Crippen molar-refractivity contribution in [1.29, 1.82) is 0 Å². The molecule has 1 aromatic rings. The fraction of sp³-hybridized carbons (Fsp3) is 0.385. The minimum absolute atomic E-state index is 0.187. The van der Waals surface area contributed by atoms with Gasteiger partial charge in [0.2, 0.25) is 0 Å². The van der Waals surface area contributed by atoms with Crippen molar-refractivity contribution in [2.75, 3.05) is 0 Å². The number of oxime groups is 1. The molecule has 0 unspecified atom stereocenters. The van der Waals surface area contributed by atoms with Gasteiger partial charge in [0.25, 0.3) is 5.91 Å². The Morgan fingerprint density at radius 1 is 1.50 bits per heavy atom. The molecule has 0 aliphatic carbocycles. The van der Waals surface area contributed by atoms with E-state index in [2.05, 4.69) is 25.6 Å². The third kappa shape index (κ3) is 3.84. The number of aryl methyl sites for hydroxylation is 1. The van der Waals surface area contributed by atoms with Crippen molar-refractivity contribution in [3.05, 3.63) is 34.9 Å². The van der Waals surface area contributed by atoms with E-state index in [1.165, 1.54) is 0 Å². The molecule has 0 fully saturated rings. The van der Waals surface area contributed by atoms with Gasteiger partial charge in [0.1, 0.15) is 6.61 Å². The Labute approximate surface area is 116 Å². The summed E-state index contributed by atoms with van der Waals surface area (Å²) in [5, 5.41) is 3.98. The zero-order valence-corrected chi connectivity index (χ0v) is 12.4. The number of nitrogens with zero attached hydrogens (tertiary/aromatic N) is 1. The zero-order valence-electron chi connectivity index (χ0n) is 10.8. The lowest BCUT2D eigenvalue weighted by atomic mass is 10.0. The Kier molecular flexibility index (Phi) is 5.85. The predicted molar refractivity (Wildman–Crippen MR) is 75.8 cm³/mol. The van der Waals surface area contributed by atoms with E-state index in [0.29, 0.717) is 12.2 Å². The van der Waals surface area contributed by atoms with E-state index >= 15 is 0 Å². The molecule has 18 heavy (non-hydrogen) atoms. The SMILES string of the molecule is CCC(C)=NOCc1c(C)cccc1C(=O)NBr. The lowest BCUT2D eigenvalue weighted by Gasteiger charge is -2.10. The highest BCUT2D eigenvalue weighted by molar-refractivity contribution is 9.08. The lowest BCUT2D eigenvalue weighted by Crippen LogP contribution is -2.15. The van der Waals surface area contributed by atoms with E-state index in [1.54, 1.807) is 6.07 Å². The van der Waals surface area contributed by atoms with Crippen molar-refractivity contribution in [3.63, 3.8) is 0 Å². The van der Waals surface area contributed by atoms with E-state index in [1.807, 2.05) is 32.9 Å². The lowest BCUT2D eigenvalue weighted by molar-refractivity contribution is 0.0974. The molecule has 4 nitrogen and oxygen atoms in total. The molecule has 0 spiro atoms. The smallest absolute Gasteiger partial charge is 0.261 e. The van der Waals surface area contributed by atoms with Gasteiger partial charge in [-0.15, -0.1) is 0 Å². The molecule has 98 valence electrons. The average molecular weight is 313 g/mol. The molecule has 0 heterocycles. The summed E-state index contributed by atoms with van der Waals surface area (Å²) in [6.45, 7) is 6.16. The van der Waals surface area contributed by atoms with Crippen LogP contribution in [0.5, 0.6) is 0 Å². The summed E-state index contributed by atoms with van der Waals surface area (Å²) in [4.78, 5) is 17.0. The molecule has 1 amide bonds. The number of carbonyl (C=O) groups is 1. The molecule has 0 atom stereocenters. The van der Waals surface area contributed by atoms with Gasteiger partial charge in [0.05, 0.1) is 5.71 Å². The van der Waals surface area contributed by atoms with Crippen LogP contribution in [0.4, 0.5) is 0 Å². The summed E-state index contributed by atoms with van der Waals surface area (Å²) in [6.07, 6.45) is 0.850. The first-order valence-corrected chi connectivity index (χ1v) is 6.54. The maximum absolute atomic E-state index is 11.7. The predicted octanol–water partition coefficient (Wildman–Crippen LogP) is 3.34. The number of nitrogens with one attached hydrogen (secondary N) is 1. The molecule has 0 aliphatic heterocycles. The molecular formula is C13H17BrN2O2. The Bertz CT molecular complexity index is 458. The van der Waals surface area contributed by atoms with Gasteiger partial charge in [0, 0.05) is 27.3 Å². The van der Waals surface area contributed by atoms with E-state index in [4.69, 9.17) is 4.84 Å². The highest BCUT2D eigenvalue weighted by atomic mass is 79.9. The summed E-state index contributed by atoms with van der Waals surface area (Å²) in [5.74, 6) is -0.187. The zero-order chi connectivity index (χ0) is 13.5. The standard InChI is InChI=1S/C13H17BrN2O2/c1-4-10(3)16-18-8-12-9(2)6-5-7-11(12)13(17)15-14/h5-7H,4,8H2,1-3H3,(H,15,17). The van der Waals surface area contributed by atoms with Crippen molar-refractivity contribution < 1.29 is 9.63 Å². The summed E-state index contributed by atoms with van der Waals surface area (Å²) in [5.41, 5.74) is 3.38. The average Bonchev–Trinajstić information content (AvgIpc) is 2.39. The van der Waals surface area contributed by atoms with Crippen molar-refractivity contribution in [1.82, 2.24) is 4.34 Å². The van der Waals surface area contributed by atoms with Crippen LogP contribution < -0.4 is 4.34 Å². The Morgan fingerprint density at radius 3 is 2.83 bits per heavy atom. The van der Waals surface area contributed by atoms with Gasteiger partial charge in [-0.05, 0) is 31.9 Å². The van der Waals surface area contributed by atoms with Crippen LogP contribution in [0.3, 0.4) is 0 Å². The summed E-state index contributed by atoms with van der Waals surface area (Å²) in [7, 11) is 0. The molecule has 0 saturated carbocycles. The van der Waals surface area contributed by atoms with Gasteiger partial charge in [0.15, 0.2) is 0 Å². The minimum Gasteiger partial charge on any atom is -0.391 e. The Morgan fingerprint density at radius 2 is 2.22 bits per heavy atom. The van der Waals surface area contributed by atoms with Crippen LogP contribution in [0, 0.1) is 6.92 Å². The molecule has 0 aliphatic rings. The molecular weight excluding hydrogens is 296 g/mol. The van der Waals surface area contributed by atoms with Gasteiger partial charge in [-0.25, -0.2) is 0 Å². The molecule has 0 bridgehead atoms. The van der Waals surface area contributed by atoms with Crippen molar-refractivity contribution in [3.8, 4) is 0 Å². The molecule has 1 aromatic carbocycles. The highest BCUT2D eigenvalue weighted by Gasteiger charge is 2.12. The molecule has 1 N–H and O–H groups in total. The number of hydrogen-bond donors (Lipinski definition) is 1. The third-order valence-electron chi connectivity index (χ3n) is 2.68. The summed E-state index contributed by atoms with van der Waals surface area (Å²) >= 11 is 2.94. The van der Waals surface area contributed by atoms with Crippen LogP contribution in [-0.2, 0) is 11.4 Å². The summed E-state index contributed by atoms with van der Waals surface area (Å²) in [6, 6.07) is 5.55. The molecule has 0 aromatic heterocycles. The van der Waals surface area contributed by atoms with Gasteiger partial charge in [-0.3, -0.25) is 9.14 Å². The van der Waals surface area contributed by atoms with Crippen molar-refractivity contribution in [2.24, 2.45) is 5.16 Å². The fourth-order valence-electron chi connectivity index (χ4n) is 1.43. The molecule has 0 saturated heterocycles. The number of carbonyl (C=O) groups excluding carboxylic acids is 1. The van der Waals surface area contributed by atoms with Crippen LogP contribution in [0.2, 0.25) is 0 Å². The second-order valence-electron chi connectivity index (χ2n) is 3.98. The first kappa shape index (κ1) is 14.7. The molecule has 0 radical (unpaired) electrons. The minimum atomic E-state index is -0.187. The van der Waals surface area contributed by atoms with E-state index in [9.17, 15) is 4.79 Å². The van der Waals surface area contributed by atoms with E-state index in [-0.39, 0.29) is 5.91 Å². The Hall–Kier alpha value is -1.36. The van der Waals surface area contributed by atoms with Crippen LogP contribution in [0.1, 0.15) is 41.8 Å². The van der Waals surface area contributed by atoms with Crippen LogP contribution in [0.15, 0.2) is 23.4 Å². The van der Waals surface area contributed by atoms with Crippen LogP contribution in [-0.4, -0.2) is 11.6 Å². The molecule has 5 heteroatoms. The highest BCUT2D eigenvalue weighted by Crippen LogP contribution is 2.16. The maximum atomic E-state index is 11.7. The quantitative estimate of drug-likeness (QED) is 0.515. The second-order valence-corrected chi connectivity index (χ2v) is 4.37. The number of amides is 1. The van der Waals surface area contributed by atoms with Gasteiger partial charge >= 0.3 is 0 Å². The van der Waals surface area contributed by atoms with Gasteiger partial charge < -0.3 is 4.84 Å². The summed E-state index contributed by atoms with van der Waals surface area (Å²) < 4.78 is 2.44. The van der Waals surface area contributed by atoms with E-state index < -0.39 is 0 Å². The van der Waals surface area contributed by atoms with Crippen molar-refractivity contribution in [2.45, 2.75) is 33.8 Å². The van der Waals surface area contributed by atoms with E-state index in [0.717, 1.165) is 23.3 Å². The maximum Gasteiger partial charge on any atom is 0.261 e. The Balaban J connectivity index is 2.90. The van der Waals surface area contributed by atoms with Gasteiger partial charge in [-0.2, -0.15) is 0 Å². The van der Waals surface area contributed by atoms with Crippen LogP contribution >= 0.6 is 16.1 Å². The monoisotopic (exact) mass is 312 g/mol.